The van der Waals surface area contributed by atoms with Gasteiger partial charge in [-0.3, -0.25) is 24.0 Å². The van der Waals surface area contributed by atoms with Crippen molar-refractivity contribution in [2.24, 2.45) is 0 Å². The highest BCUT2D eigenvalue weighted by Gasteiger charge is 2.98. The van der Waals surface area contributed by atoms with Gasteiger partial charge in [0.25, 0.3) is 16.8 Å². The molecule has 1 heterocycles. The first-order chi connectivity index (χ1) is 56.9. The number of rotatable bonds is 21. The summed E-state index contributed by atoms with van der Waals surface area (Å²) >= 11 is 0. The number of benzene rings is 10. The van der Waals surface area contributed by atoms with E-state index in [1.54, 1.807) is 0 Å². The fourth-order valence-corrected chi connectivity index (χ4v) is 12.8. The maximum atomic E-state index is 18.8. The van der Waals surface area contributed by atoms with Crippen molar-refractivity contribution in [3.63, 3.8) is 0 Å². The molecule has 10 aromatic carbocycles. The zero-order valence-electron chi connectivity index (χ0n) is 59.7. The number of phenolic OH excluding ortho intramolecular Hbond substituents is 30. The standard InChI is InChI=1S/C76H52O46/c77-32-1-22(2-33(78)52(32)97)62(107)72(21-117-67(112)27-11-42(87)57(102)43(88)12-27)73(63(108)23-3-34(79)53(98)35(80)4-23,118-68(113)28-13-44(89)58(103)45(90)14-28)74(64(109)24-5-36(81)54(99)37(82)6-24,119-69(114)29-15-46(91)59(104)47(92)16-29)75(65(110)25-7-38(83)55(100)39(84)8-25,120-70(115)30-17-48(93)60(105)49(94)18-30)76(122-72,66(111)26-9-40(85)56(101)41(86)10-26)121-71(116)31-19-50(95)61(106)51(96)20-31/h1-20,77-106H,21H2/t72-,73-,74-,75-,76?/m0/s1. The Kier molecular flexibility index (Phi) is 20.8. The van der Waals surface area contributed by atoms with Crippen molar-refractivity contribution in [1.82, 2.24) is 0 Å². The minimum Gasteiger partial charge on any atom is -0.504 e. The molecule has 46 nitrogen and oxygen atoms in total. The van der Waals surface area contributed by atoms with Gasteiger partial charge in [-0.2, -0.15) is 0 Å². The van der Waals surface area contributed by atoms with E-state index in [9.17, 15) is 153 Å². The molecule has 0 bridgehead atoms. The highest BCUT2D eigenvalue weighted by molar-refractivity contribution is 6.28. The van der Waals surface area contributed by atoms with Gasteiger partial charge in [0.15, 0.2) is 172 Å². The quantitative estimate of drug-likeness (QED) is 0.0212. The summed E-state index contributed by atoms with van der Waals surface area (Å²) in [5.41, 5.74) is -46.2. The fourth-order valence-electron chi connectivity index (χ4n) is 12.8. The molecule has 0 spiro atoms. The third kappa shape index (κ3) is 13.2. The van der Waals surface area contributed by atoms with E-state index < -0.39 is 322 Å². The minimum absolute atomic E-state index is 0.0577. The Morgan fingerprint density at radius 1 is 0.197 bits per heavy atom. The van der Waals surface area contributed by atoms with Gasteiger partial charge in [0.05, 0.1) is 27.8 Å². The van der Waals surface area contributed by atoms with Crippen molar-refractivity contribution in [2.75, 3.05) is 6.61 Å². The van der Waals surface area contributed by atoms with Crippen LogP contribution in [0.1, 0.15) is 104 Å². The van der Waals surface area contributed by atoms with E-state index in [4.69, 9.17) is 28.4 Å². The first-order valence-electron chi connectivity index (χ1n) is 32.9. The molecular weight excluding hydrogens is 1650 g/mol. The zero-order valence-corrected chi connectivity index (χ0v) is 59.7. The van der Waals surface area contributed by atoms with Crippen molar-refractivity contribution in [3.05, 3.63) is 177 Å². The van der Waals surface area contributed by atoms with Crippen molar-refractivity contribution >= 4 is 58.8 Å². The molecule has 30 N–H and O–H groups in total. The Labute approximate surface area is 670 Å². The number of Topliss-reactive ketones (excluding diaryl/α,β-unsaturated/α-hetero) is 5. The lowest BCUT2D eigenvalue weighted by atomic mass is 9.50. The molecule has 5 atom stereocenters. The second-order valence-electron chi connectivity index (χ2n) is 26.0. The molecule has 46 heteroatoms. The van der Waals surface area contributed by atoms with Crippen molar-refractivity contribution in [3.8, 4) is 172 Å². The van der Waals surface area contributed by atoms with E-state index in [1.165, 1.54) is 0 Å². The summed E-state index contributed by atoms with van der Waals surface area (Å²) in [6.07, 6.45) is 0. The van der Waals surface area contributed by atoms with Crippen LogP contribution in [0.5, 0.6) is 172 Å². The lowest BCUT2D eigenvalue weighted by Crippen LogP contribution is -2.97. The summed E-state index contributed by atoms with van der Waals surface area (Å²) < 4.78 is 37.0. The van der Waals surface area contributed by atoms with Gasteiger partial charge in [-0.05, 0) is 121 Å². The average Bonchev–Trinajstić information content (AvgIpc) is 0.630. The molecule has 1 aliphatic rings. The van der Waals surface area contributed by atoms with Crippen LogP contribution < -0.4 is 0 Å². The summed E-state index contributed by atoms with van der Waals surface area (Å²) in [4.78, 5) is 175. The van der Waals surface area contributed by atoms with Crippen molar-refractivity contribution in [2.45, 2.75) is 28.2 Å². The number of esters is 5. The molecular formula is C76H52O46. The third-order valence-electron chi connectivity index (χ3n) is 18.5. The monoisotopic (exact) mass is 1700 g/mol. The second-order valence-corrected chi connectivity index (χ2v) is 26.0. The van der Waals surface area contributed by atoms with Crippen molar-refractivity contribution < 1.29 is 230 Å². The number of ether oxygens (including phenoxy) is 6. The molecule has 0 amide bonds. The third-order valence-corrected chi connectivity index (χ3v) is 18.5. The maximum absolute atomic E-state index is 18.8. The molecule has 0 saturated carbocycles. The van der Waals surface area contributed by atoms with Crippen LogP contribution in [0.2, 0.25) is 0 Å². The molecule has 1 fully saturated rings. The SMILES string of the molecule is O=C(OC[C@@]1(C(=O)c2cc(O)c(O)c(O)c2)OC(OC(=O)c2cc(O)c(O)c(O)c2)(C(=O)c2cc(O)c(O)c(O)c2)[C@](OC(=O)c2cc(O)c(O)c(O)c2)(C(=O)c2cc(O)c(O)c(O)c2)[C@](OC(=O)c2cc(O)c(O)c(O)c2)(C(=O)c2cc(O)c(O)c(O)c2)[C@]1(OC(=O)c1cc(O)c(O)c(O)c1)C(=O)c1cc(O)c(O)c(O)c1)c1cc(O)c(O)c(O)c1. The topological polar surface area (TPSA) is 833 Å². The lowest BCUT2D eigenvalue weighted by Gasteiger charge is -2.66. The number of aromatic hydroxyl groups is 30. The molecule has 0 radical (unpaired) electrons. The highest BCUT2D eigenvalue weighted by Crippen LogP contribution is 2.67. The molecule has 10 aromatic rings. The van der Waals surface area contributed by atoms with E-state index in [0.29, 0.717) is 0 Å². The number of phenols is 30. The van der Waals surface area contributed by atoms with Gasteiger partial charge in [0.2, 0.25) is 34.5 Å². The van der Waals surface area contributed by atoms with Crippen molar-refractivity contribution in [1.29, 1.82) is 0 Å². The van der Waals surface area contributed by atoms with Gasteiger partial charge < -0.3 is 182 Å². The minimum atomic E-state index is -6.75. The number of carbonyl (C=O) groups is 10. The molecule has 0 aromatic heterocycles. The van der Waals surface area contributed by atoms with Crippen LogP contribution in [0, 0.1) is 0 Å². The highest BCUT2D eigenvalue weighted by atomic mass is 16.8. The summed E-state index contributed by atoms with van der Waals surface area (Å²) in [7, 11) is 0. The van der Waals surface area contributed by atoms with E-state index in [1.807, 2.05) is 0 Å². The summed E-state index contributed by atoms with van der Waals surface area (Å²) in [5.74, 6) is -94.5. The summed E-state index contributed by atoms with van der Waals surface area (Å²) in [6.45, 7) is -3.33. The second kappa shape index (κ2) is 29.9. The normalized spacial score (nSPS) is 17.8. The average molecular weight is 1700 g/mol. The summed E-state index contributed by atoms with van der Waals surface area (Å²) in [5, 5.41) is 339. The van der Waals surface area contributed by atoms with E-state index in [0.717, 1.165) is 0 Å². The van der Waals surface area contributed by atoms with Gasteiger partial charge in [-0.1, -0.05) is 0 Å². The number of ketones is 5. The van der Waals surface area contributed by atoms with Crippen LogP contribution in [0.25, 0.3) is 0 Å². The first kappa shape index (κ1) is 84.8. The largest absolute Gasteiger partial charge is 0.504 e. The van der Waals surface area contributed by atoms with Gasteiger partial charge in [0, 0.05) is 27.8 Å². The predicted molar refractivity (Wildman–Crippen MR) is 383 cm³/mol. The molecule has 0 aliphatic carbocycles. The molecule has 122 heavy (non-hydrogen) atoms. The smallest absolute Gasteiger partial charge is 0.341 e. The summed E-state index contributed by atoms with van der Waals surface area (Å²) in [6, 6.07) is -4.25. The van der Waals surface area contributed by atoms with Gasteiger partial charge >= 0.3 is 35.6 Å². The van der Waals surface area contributed by atoms with Crippen LogP contribution in [0.3, 0.4) is 0 Å². The maximum Gasteiger partial charge on any atom is 0.341 e. The van der Waals surface area contributed by atoms with Gasteiger partial charge in [-0.15, -0.1) is 0 Å². The molecule has 11 rings (SSSR count). The van der Waals surface area contributed by atoms with Crippen LogP contribution >= 0.6 is 0 Å². The van der Waals surface area contributed by atoms with E-state index >= 15 is 47.9 Å². The first-order valence-corrected chi connectivity index (χ1v) is 32.9. The molecule has 1 aliphatic heterocycles. The number of carbonyl (C=O) groups excluding carboxylic acids is 10. The number of hydrogen-bond donors (Lipinski definition) is 30. The molecule has 632 valence electrons. The van der Waals surface area contributed by atoms with Crippen LogP contribution in [0.15, 0.2) is 121 Å². The Hall–Kier alpha value is -18.1. The Morgan fingerprint density at radius 3 is 0.598 bits per heavy atom. The Bertz CT molecular complexity index is 6050. The van der Waals surface area contributed by atoms with Crippen LogP contribution in [-0.4, -0.2) is 247 Å². The fraction of sp³-hybridized carbons (Fsp3) is 0.0789. The zero-order chi connectivity index (χ0) is 90.5. The Balaban J connectivity index is 1.65. The van der Waals surface area contributed by atoms with Gasteiger partial charge in [-0.25, -0.2) is 24.0 Å². The van der Waals surface area contributed by atoms with Gasteiger partial charge in [0.1, 0.15) is 6.61 Å². The van der Waals surface area contributed by atoms with E-state index in [2.05, 4.69) is 0 Å². The predicted octanol–water partition coefficient (Wildman–Crippen LogP) is 3.54. The van der Waals surface area contributed by atoms with Crippen LogP contribution in [0.4, 0.5) is 0 Å². The van der Waals surface area contributed by atoms with E-state index in [-0.39, 0.29) is 121 Å². The van der Waals surface area contributed by atoms with Crippen LogP contribution in [-0.2, 0) is 28.4 Å². The number of hydrogen-bond acceptors (Lipinski definition) is 46. The lowest BCUT2D eigenvalue weighted by molar-refractivity contribution is -0.387. The Morgan fingerprint density at radius 2 is 0.361 bits per heavy atom. The molecule has 1 unspecified atom stereocenters. The molecule has 1 saturated heterocycles.